The monoisotopic (exact) mass is 402 g/mol. The van der Waals surface area contributed by atoms with E-state index in [1.165, 1.54) is 13.2 Å². The van der Waals surface area contributed by atoms with E-state index in [9.17, 15) is 4.39 Å². The third-order valence-electron chi connectivity index (χ3n) is 2.93. The van der Waals surface area contributed by atoms with Gasteiger partial charge in [0.15, 0.2) is 11.6 Å². The molecule has 0 radical (unpaired) electrons. The van der Waals surface area contributed by atoms with Crippen LogP contribution >= 0.6 is 31.9 Å². The van der Waals surface area contributed by atoms with E-state index in [-0.39, 0.29) is 16.4 Å². The molecule has 0 amide bonds. The molecule has 0 saturated heterocycles. The van der Waals surface area contributed by atoms with E-state index in [0.717, 1.165) is 21.3 Å². The molecule has 1 unspecified atom stereocenters. The van der Waals surface area contributed by atoms with Crippen LogP contribution in [0.2, 0.25) is 0 Å². The summed E-state index contributed by atoms with van der Waals surface area (Å²) in [6, 6.07) is 10.6. The fourth-order valence-corrected chi connectivity index (χ4v) is 2.94. The number of methoxy groups -OCH3 is 2. The molecule has 0 N–H and O–H groups in total. The maximum Gasteiger partial charge on any atom is 0.165 e. The molecule has 0 aromatic heterocycles. The molecule has 0 spiro atoms. The van der Waals surface area contributed by atoms with Crippen molar-refractivity contribution in [3.8, 4) is 11.5 Å². The van der Waals surface area contributed by atoms with Crippen LogP contribution in [0.25, 0.3) is 0 Å². The van der Waals surface area contributed by atoms with Crippen molar-refractivity contribution in [1.82, 2.24) is 0 Å². The van der Waals surface area contributed by atoms with E-state index >= 15 is 0 Å². The second kappa shape index (κ2) is 6.59. The third kappa shape index (κ3) is 3.15. The smallest absolute Gasteiger partial charge is 0.165 e. The molecule has 0 aliphatic rings. The molecule has 106 valence electrons. The molecule has 2 rings (SSSR count). The summed E-state index contributed by atoms with van der Waals surface area (Å²) < 4.78 is 25.0. The van der Waals surface area contributed by atoms with Crippen molar-refractivity contribution < 1.29 is 13.9 Å². The van der Waals surface area contributed by atoms with Crippen molar-refractivity contribution in [1.29, 1.82) is 0 Å². The molecule has 20 heavy (non-hydrogen) atoms. The van der Waals surface area contributed by atoms with Gasteiger partial charge in [-0.1, -0.05) is 37.9 Å². The third-order valence-corrected chi connectivity index (χ3v) is 4.45. The average Bonchev–Trinajstić information content (AvgIpc) is 2.46. The number of benzene rings is 2. The lowest BCUT2D eigenvalue weighted by Gasteiger charge is -2.16. The highest BCUT2D eigenvalue weighted by molar-refractivity contribution is 9.10. The number of ether oxygens (including phenoxy) is 2. The predicted molar refractivity (Wildman–Crippen MR) is 84.4 cm³/mol. The van der Waals surface area contributed by atoms with Gasteiger partial charge in [0.05, 0.1) is 19.0 Å². The molecule has 2 aromatic carbocycles. The number of rotatable bonds is 4. The van der Waals surface area contributed by atoms with Crippen LogP contribution in [0.5, 0.6) is 11.5 Å². The Morgan fingerprint density at radius 3 is 2.25 bits per heavy atom. The highest BCUT2D eigenvalue weighted by Crippen LogP contribution is 2.39. The molecule has 0 saturated carbocycles. The van der Waals surface area contributed by atoms with Crippen molar-refractivity contribution in [3.05, 3.63) is 57.8 Å². The minimum absolute atomic E-state index is 0.171. The molecule has 0 aliphatic carbocycles. The van der Waals surface area contributed by atoms with Crippen molar-refractivity contribution >= 4 is 31.9 Å². The van der Waals surface area contributed by atoms with Gasteiger partial charge in [-0.15, -0.1) is 0 Å². The highest BCUT2D eigenvalue weighted by Gasteiger charge is 2.17. The Balaban J connectivity index is 2.43. The van der Waals surface area contributed by atoms with Gasteiger partial charge in [0.1, 0.15) is 5.75 Å². The molecule has 0 heterocycles. The fraction of sp³-hybridized carbons (Fsp3) is 0.200. The van der Waals surface area contributed by atoms with E-state index in [2.05, 4.69) is 31.9 Å². The molecular weight excluding hydrogens is 391 g/mol. The number of hydrogen-bond acceptors (Lipinski definition) is 2. The molecule has 2 aromatic rings. The maximum atomic E-state index is 13.8. The first-order valence-corrected chi connectivity index (χ1v) is 7.58. The van der Waals surface area contributed by atoms with Crippen LogP contribution in [-0.2, 0) is 0 Å². The van der Waals surface area contributed by atoms with Gasteiger partial charge < -0.3 is 9.47 Å². The first-order valence-electron chi connectivity index (χ1n) is 5.87. The zero-order valence-corrected chi connectivity index (χ0v) is 14.2. The molecule has 5 heteroatoms. The average molecular weight is 404 g/mol. The Morgan fingerprint density at radius 2 is 1.65 bits per heavy atom. The number of halogens is 3. The van der Waals surface area contributed by atoms with Crippen LogP contribution in [0, 0.1) is 5.82 Å². The summed E-state index contributed by atoms with van der Waals surface area (Å²) in [5.41, 5.74) is 1.71. The Kier molecular flexibility index (Phi) is 5.05. The summed E-state index contributed by atoms with van der Waals surface area (Å²) in [4.78, 5) is -0.171. The quantitative estimate of drug-likeness (QED) is 0.662. The molecule has 0 bridgehead atoms. The first kappa shape index (κ1) is 15.3. The van der Waals surface area contributed by atoms with Crippen LogP contribution in [-0.4, -0.2) is 14.2 Å². The Bertz CT molecular complexity index is 617. The summed E-state index contributed by atoms with van der Waals surface area (Å²) >= 11 is 7.03. The topological polar surface area (TPSA) is 18.5 Å². The lowest BCUT2D eigenvalue weighted by Crippen LogP contribution is -1.98. The van der Waals surface area contributed by atoms with Gasteiger partial charge in [-0.3, -0.25) is 0 Å². The van der Waals surface area contributed by atoms with Gasteiger partial charge in [-0.25, -0.2) is 4.39 Å². The zero-order valence-electron chi connectivity index (χ0n) is 11.0. The molecule has 1 atom stereocenters. The van der Waals surface area contributed by atoms with Gasteiger partial charge >= 0.3 is 0 Å². The molecule has 0 aliphatic heterocycles. The van der Waals surface area contributed by atoms with Crippen LogP contribution in [0.3, 0.4) is 0 Å². The van der Waals surface area contributed by atoms with Gasteiger partial charge in [-0.2, -0.15) is 0 Å². The van der Waals surface area contributed by atoms with Crippen LogP contribution in [0.1, 0.15) is 16.0 Å². The molecule has 0 fully saturated rings. The zero-order chi connectivity index (χ0) is 14.7. The lowest BCUT2D eigenvalue weighted by atomic mass is 10.0. The Labute approximate surface area is 134 Å². The summed E-state index contributed by atoms with van der Waals surface area (Å²) in [6.07, 6.45) is 0. The Hall–Kier alpha value is -1.07. The van der Waals surface area contributed by atoms with Crippen molar-refractivity contribution in [2.75, 3.05) is 14.2 Å². The number of hydrogen-bond donors (Lipinski definition) is 0. The SMILES string of the molecule is COc1ccc(C(Br)c2cc(Br)ccc2OC)cc1F. The van der Waals surface area contributed by atoms with Crippen molar-refractivity contribution in [2.45, 2.75) is 4.83 Å². The van der Waals surface area contributed by atoms with Crippen molar-refractivity contribution in [2.24, 2.45) is 0 Å². The van der Waals surface area contributed by atoms with Crippen LogP contribution < -0.4 is 9.47 Å². The van der Waals surface area contributed by atoms with E-state index < -0.39 is 0 Å². The largest absolute Gasteiger partial charge is 0.496 e. The van der Waals surface area contributed by atoms with E-state index in [1.807, 2.05) is 24.3 Å². The van der Waals surface area contributed by atoms with Crippen LogP contribution in [0.4, 0.5) is 4.39 Å². The summed E-state index contributed by atoms with van der Waals surface area (Å²) in [5, 5.41) is 0. The minimum atomic E-state index is -0.386. The predicted octanol–water partition coefficient (Wildman–Crippen LogP) is 5.09. The normalized spacial score (nSPS) is 12.1. The fourth-order valence-electron chi connectivity index (χ4n) is 1.92. The number of alkyl halides is 1. The lowest BCUT2D eigenvalue weighted by molar-refractivity contribution is 0.386. The molecule has 2 nitrogen and oxygen atoms in total. The second-order valence-corrected chi connectivity index (χ2v) is 5.97. The van der Waals surface area contributed by atoms with Gasteiger partial charge in [0, 0.05) is 10.0 Å². The first-order chi connectivity index (χ1) is 9.56. The van der Waals surface area contributed by atoms with Gasteiger partial charge in [0.2, 0.25) is 0 Å². The second-order valence-electron chi connectivity index (χ2n) is 4.14. The Morgan fingerprint density at radius 1 is 1.00 bits per heavy atom. The highest BCUT2D eigenvalue weighted by atomic mass is 79.9. The van der Waals surface area contributed by atoms with Gasteiger partial charge in [-0.05, 0) is 35.9 Å². The summed E-state index contributed by atoms with van der Waals surface area (Å²) in [7, 11) is 3.06. The van der Waals surface area contributed by atoms with E-state index in [4.69, 9.17) is 9.47 Å². The maximum absolute atomic E-state index is 13.8. The minimum Gasteiger partial charge on any atom is -0.496 e. The summed E-state index contributed by atoms with van der Waals surface area (Å²) in [6.45, 7) is 0. The summed E-state index contributed by atoms with van der Waals surface area (Å²) in [5.74, 6) is 0.587. The van der Waals surface area contributed by atoms with Gasteiger partial charge in [0.25, 0.3) is 0 Å². The molecular formula is C15H13Br2FO2. The van der Waals surface area contributed by atoms with E-state index in [0.29, 0.717) is 0 Å². The van der Waals surface area contributed by atoms with E-state index in [1.54, 1.807) is 13.2 Å². The standard InChI is InChI=1S/C15H13Br2FO2/c1-19-13-6-4-10(16)8-11(13)15(17)9-3-5-14(20-2)12(18)7-9/h3-8,15H,1-2H3. The van der Waals surface area contributed by atoms with Crippen molar-refractivity contribution in [3.63, 3.8) is 0 Å². The van der Waals surface area contributed by atoms with Crippen LogP contribution in [0.15, 0.2) is 40.9 Å².